The van der Waals surface area contributed by atoms with Crippen LogP contribution in [0.15, 0.2) is 24.3 Å². The molecule has 0 spiro atoms. The molecule has 10 heteroatoms. The molecule has 1 aromatic rings. The molecular weight excluding hydrogens is 448 g/mol. The molecule has 3 heterocycles. The summed E-state index contributed by atoms with van der Waals surface area (Å²) in [7, 11) is 3.87. The van der Waals surface area contributed by atoms with Crippen LogP contribution >= 0.6 is 0 Å². The van der Waals surface area contributed by atoms with Crippen molar-refractivity contribution in [3.63, 3.8) is 0 Å². The van der Waals surface area contributed by atoms with Gasteiger partial charge in [-0.3, -0.25) is 19.2 Å². The summed E-state index contributed by atoms with van der Waals surface area (Å²) in [6.07, 6.45) is 2.81. The van der Waals surface area contributed by atoms with Gasteiger partial charge >= 0.3 is 0 Å². The lowest BCUT2D eigenvalue weighted by molar-refractivity contribution is -0.147. The fraction of sp³-hybridized carbons (Fsp3) is 0.600. The second kappa shape index (κ2) is 11.1. The monoisotopic (exact) mass is 484 g/mol. The van der Waals surface area contributed by atoms with Gasteiger partial charge in [0.1, 0.15) is 12.1 Å². The first-order chi connectivity index (χ1) is 16.8. The Morgan fingerprint density at radius 3 is 2.37 bits per heavy atom. The Morgan fingerprint density at radius 1 is 1.00 bits per heavy atom. The lowest BCUT2D eigenvalue weighted by Crippen LogP contribution is -2.64. The third kappa shape index (κ3) is 5.75. The van der Waals surface area contributed by atoms with Crippen LogP contribution in [0.3, 0.4) is 0 Å². The van der Waals surface area contributed by atoms with Crippen molar-refractivity contribution in [1.82, 2.24) is 25.8 Å². The Balaban J connectivity index is 1.51. The van der Waals surface area contributed by atoms with E-state index in [2.05, 4.69) is 16.0 Å². The highest BCUT2D eigenvalue weighted by molar-refractivity contribution is 5.97. The molecule has 0 aromatic heterocycles. The van der Waals surface area contributed by atoms with Gasteiger partial charge in [-0.25, -0.2) is 0 Å². The van der Waals surface area contributed by atoms with E-state index in [9.17, 15) is 19.2 Å². The number of piperidine rings is 2. The van der Waals surface area contributed by atoms with E-state index >= 15 is 0 Å². The maximum Gasteiger partial charge on any atom is 0.254 e. The van der Waals surface area contributed by atoms with Gasteiger partial charge in [0.2, 0.25) is 17.7 Å². The Hall–Kier alpha value is -3.14. The summed E-state index contributed by atoms with van der Waals surface area (Å²) in [5, 5.41) is 8.89. The predicted molar refractivity (Wildman–Crippen MR) is 132 cm³/mol. The minimum Gasteiger partial charge on any atom is -0.378 e. The molecule has 3 N–H and O–H groups in total. The van der Waals surface area contributed by atoms with Gasteiger partial charge in [0, 0.05) is 50.9 Å². The molecule has 0 aliphatic carbocycles. The number of amides is 4. The van der Waals surface area contributed by atoms with Gasteiger partial charge in [0.25, 0.3) is 5.91 Å². The van der Waals surface area contributed by atoms with Crippen molar-refractivity contribution in [3.8, 4) is 0 Å². The molecule has 1 aromatic carbocycles. The molecule has 0 saturated carbocycles. The summed E-state index contributed by atoms with van der Waals surface area (Å²) in [6.45, 7) is 2.90. The maximum atomic E-state index is 13.4. The van der Waals surface area contributed by atoms with Crippen LogP contribution < -0.4 is 20.9 Å². The quantitative estimate of drug-likeness (QED) is 0.534. The maximum absolute atomic E-state index is 13.4. The van der Waals surface area contributed by atoms with Crippen LogP contribution in [-0.4, -0.2) is 98.9 Å². The fourth-order valence-corrected chi connectivity index (χ4v) is 5.02. The summed E-state index contributed by atoms with van der Waals surface area (Å²) in [4.78, 5) is 57.5. The molecule has 2 atom stereocenters. The zero-order chi connectivity index (χ0) is 24.9. The number of nitrogens with one attached hydrogen (secondary N) is 3. The van der Waals surface area contributed by atoms with Crippen molar-refractivity contribution >= 4 is 29.3 Å². The Labute approximate surface area is 206 Å². The molecule has 3 aliphatic rings. The molecule has 0 unspecified atom stereocenters. The zero-order valence-electron chi connectivity index (χ0n) is 20.6. The largest absolute Gasteiger partial charge is 0.378 e. The van der Waals surface area contributed by atoms with Crippen molar-refractivity contribution in [2.75, 3.05) is 58.3 Å². The van der Waals surface area contributed by atoms with Crippen molar-refractivity contribution in [2.24, 2.45) is 5.92 Å². The highest BCUT2D eigenvalue weighted by Crippen LogP contribution is 2.22. The Morgan fingerprint density at radius 2 is 1.71 bits per heavy atom. The lowest BCUT2D eigenvalue weighted by Gasteiger charge is -2.42. The summed E-state index contributed by atoms with van der Waals surface area (Å²) < 4.78 is 0. The summed E-state index contributed by atoms with van der Waals surface area (Å²) in [5.74, 6) is -0.926. The molecule has 10 nitrogen and oxygen atoms in total. The van der Waals surface area contributed by atoms with E-state index in [-0.39, 0.29) is 36.1 Å². The standard InChI is InChI=1S/C25H36N6O4/c1-29(2)19-7-5-17(6-8-19)24(34)30-14-15-31(25(35)18-9-12-26-13-10-18)21(16-30)23(33)28-20-4-3-11-27-22(20)32/h5-8,18,20-21,26H,3-4,9-16H2,1-2H3,(H,27,32)(H,28,33)/t20-,21+/m0/s1. The molecule has 0 bridgehead atoms. The van der Waals surface area contributed by atoms with Gasteiger partial charge in [0.05, 0.1) is 6.54 Å². The van der Waals surface area contributed by atoms with Crippen LogP contribution in [0.5, 0.6) is 0 Å². The van der Waals surface area contributed by atoms with Gasteiger partial charge in [-0.2, -0.15) is 0 Å². The van der Waals surface area contributed by atoms with E-state index in [1.165, 1.54) is 0 Å². The van der Waals surface area contributed by atoms with Crippen LogP contribution in [0.25, 0.3) is 0 Å². The van der Waals surface area contributed by atoms with Crippen LogP contribution in [-0.2, 0) is 14.4 Å². The smallest absolute Gasteiger partial charge is 0.254 e. The number of benzene rings is 1. The number of piperazine rings is 1. The molecule has 0 radical (unpaired) electrons. The van der Waals surface area contributed by atoms with E-state index in [0.717, 1.165) is 38.0 Å². The van der Waals surface area contributed by atoms with Gasteiger partial charge in [-0.05, 0) is 63.0 Å². The van der Waals surface area contributed by atoms with Crippen LogP contribution in [0.4, 0.5) is 5.69 Å². The molecule has 35 heavy (non-hydrogen) atoms. The third-order valence-electron chi connectivity index (χ3n) is 7.17. The van der Waals surface area contributed by atoms with E-state index in [0.29, 0.717) is 31.6 Å². The van der Waals surface area contributed by atoms with Crippen molar-refractivity contribution in [1.29, 1.82) is 0 Å². The average Bonchev–Trinajstić information content (AvgIpc) is 2.89. The second-order valence-corrected chi connectivity index (χ2v) is 9.76. The van der Waals surface area contributed by atoms with Crippen LogP contribution in [0.1, 0.15) is 36.0 Å². The van der Waals surface area contributed by atoms with E-state index < -0.39 is 12.1 Å². The number of rotatable bonds is 5. The molecule has 3 aliphatic heterocycles. The first-order valence-corrected chi connectivity index (χ1v) is 12.5. The molecule has 3 saturated heterocycles. The zero-order valence-corrected chi connectivity index (χ0v) is 20.6. The van der Waals surface area contributed by atoms with Crippen LogP contribution in [0, 0.1) is 5.92 Å². The summed E-state index contributed by atoms with van der Waals surface area (Å²) >= 11 is 0. The van der Waals surface area contributed by atoms with Crippen molar-refractivity contribution < 1.29 is 19.2 Å². The van der Waals surface area contributed by atoms with Gasteiger partial charge in [0.15, 0.2) is 0 Å². The lowest BCUT2D eigenvalue weighted by atomic mass is 9.95. The third-order valence-corrected chi connectivity index (χ3v) is 7.17. The van der Waals surface area contributed by atoms with E-state index in [1.807, 2.05) is 31.1 Å². The number of hydrogen-bond acceptors (Lipinski definition) is 6. The molecule has 4 amide bonds. The van der Waals surface area contributed by atoms with E-state index in [4.69, 9.17) is 0 Å². The summed E-state index contributed by atoms with van der Waals surface area (Å²) in [5.41, 5.74) is 1.53. The highest BCUT2D eigenvalue weighted by Gasteiger charge is 2.40. The number of anilines is 1. The normalized spacial score (nSPS) is 23.4. The fourth-order valence-electron chi connectivity index (χ4n) is 5.02. The minimum atomic E-state index is -0.828. The Kier molecular flexibility index (Phi) is 7.90. The Bertz CT molecular complexity index is 944. The molecule has 4 rings (SSSR count). The van der Waals surface area contributed by atoms with Crippen LogP contribution in [0.2, 0.25) is 0 Å². The number of nitrogens with zero attached hydrogens (tertiary/aromatic N) is 3. The number of hydrogen-bond donors (Lipinski definition) is 3. The minimum absolute atomic E-state index is 0.0396. The SMILES string of the molecule is CN(C)c1ccc(C(=O)N2CCN(C(=O)C3CCNCC3)[C@@H](C(=O)N[C@H]3CCCNC3=O)C2)cc1. The van der Waals surface area contributed by atoms with Crippen molar-refractivity contribution in [2.45, 2.75) is 37.8 Å². The van der Waals surface area contributed by atoms with Crippen molar-refractivity contribution in [3.05, 3.63) is 29.8 Å². The second-order valence-electron chi connectivity index (χ2n) is 9.76. The molecule has 190 valence electrons. The topological polar surface area (TPSA) is 114 Å². The number of carbonyl (C=O) groups excluding carboxylic acids is 4. The van der Waals surface area contributed by atoms with E-state index in [1.54, 1.807) is 21.9 Å². The summed E-state index contributed by atoms with van der Waals surface area (Å²) in [6, 6.07) is 5.89. The van der Waals surface area contributed by atoms with Gasteiger partial charge < -0.3 is 30.7 Å². The molecular formula is C25H36N6O4. The molecule has 3 fully saturated rings. The predicted octanol–water partition coefficient (Wildman–Crippen LogP) is -0.200. The first-order valence-electron chi connectivity index (χ1n) is 12.5. The van der Waals surface area contributed by atoms with Gasteiger partial charge in [-0.1, -0.05) is 0 Å². The van der Waals surface area contributed by atoms with Gasteiger partial charge in [-0.15, -0.1) is 0 Å². The average molecular weight is 485 g/mol. The number of carbonyl (C=O) groups is 4. The highest BCUT2D eigenvalue weighted by atomic mass is 16.2. The first kappa shape index (κ1) is 25.0.